The number of thiophene rings is 1. The molecule has 0 aliphatic carbocycles. The second-order valence-corrected chi connectivity index (χ2v) is 5.74. The Hall–Kier alpha value is -1.48. The van der Waals surface area contributed by atoms with Gasteiger partial charge in [-0.2, -0.15) is 0 Å². The van der Waals surface area contributed by atoms with Gasteiger partial charge in [0.05, 0.1) is 11.4 Å². The summed E-state index contributed by atoms with van der Waals surface area (Å²) in [5.74, 6) is 0. The molecule has 0 bridgehead atoms. The topological polar surface area (TPSA) is 38.0 Å². The van der Waals surface area contributed by atoms with Gasteiger partial charge in [0.2, 0.25) is 0 Å². The van der Waals surface area contributed by atoms with Crippen LogP contribution >= 0.6 is 11.3 Å². The molecular weight excluding hydrogens is 228 g/mol. The minimum atomic E-state index is 0.815. The van der Waals surface area contributed by atoms with Crippen molar-refractivity contribution >= 4 is 22.7 Å². The van der Waals surface area contributed by atoms with Gasteiger partial charge < -0.3 is 11.1 Å². The van der Waals surface area contributed by atoms with Gasteiger partial charge in [-0.3, -0.25) is 0 Å². The lowest BCUT2D eigenvalue weighted by Gasteiger charge is -2.08. The van der Waals surface area contributed by atoms with E-state index in [4.69, 9.17) is 5.73 Å². The van der Waals surface area contributed by atoms with Crippen molar-refractivity contribution in [3.63, 3.8) is 0 Å². The third-order valence-corrected chi connectivity index (χ3v) is 4.03. The molecule has 0 unspecified atom stereocenters. The van der Waals surface area contributed by atoms with E-state index < -0.39 is 0 Å². The van der Waals surface area contributed by atoms with E-state index in [0.29, 0.717) is 0 Å². The maximum absolute atomic E-state index is 5.96. The molecule has 0 saturated heterocycles. The fourth-order valence-corrected chi connectivity index (χ4v) is 2.76. The highest BCUT2D eigenvalue weighted by Gasteiger charge is 2.03. The van der Waals surface area contributed by atoms with Gasteiger partial charge in [0, 0.05) is 16.3 Å². The summed E-state index contributed by atoms with van der Waals surface area (Å²) in [6, 6.07) is 8.34. The van der Waals surface area contributed by atoms with Crippen LogP contribution in [0.5, 0.6) is 0 Å². The van der Waals surface area contributed by atoms with E-state index in [0.717, 1.165) is 17.9 Å². The average molecular weight is 246 g/mol. The van der Waals surface area contributed by atoms with E-state index in [1.165, 1.54) is 20.9 Å². The van der Waals surface area contributed by atoms with Gasteiger partial charge in [-0.25, -0.2) is 0 Å². The Morgan fingerprint density at radius 1 is 1.18 bits per heavy atom. The van der Waals surface area contributed by atoms with Gasteiger partial charge in [-0.15, -0.1) is 11.3 Å². The van der Waals surface area contributed by atoms with Crippen LogP contribution in [0.1, 0.15) is 20.9 Å². The van der Waals surface area contributed by atoms with Crippen LogP contribution in [0.4, 0.5) is 11.4 Å². The first-order chi connectivity index (χ1) is 8.06. The predicted molar refractivity (Wildman–Crippen MR) is 76.7 cm³/mol. The summed E-state index contributed by atoms with van der Waals surface area (Å²) < 4.78 is 0. The SMILES string of the molecule is Cc1ccc(NCc2cc(C)c(C)s2)c(N)c1. The molecule has 0 saturated carbocycles. The van der Waals surface area contributed by atoms with Crippen LogP contribution in [0.25, 0.3) is 0 Å². The molecule has 0 radical (unpaired) electrons. The summed E-state index contributed by atoms with van der Waals surface area (Å²) in [5, 5.41) is 3.38. The lowest BCUT2D eigenvalue weighted by molar-refractivity contribution is 1.19. The Labute approximate surface area is 106 Å². The van der Waals surface area contributed by atoms with E-state index in [-0.39, 0.29) is 0 Å². The molecule has 1 aromatic heterocycles. The third-order valence-electron chi connectivity index (χ3n) is 2.88. The van der Waals surface area contributed by atoms with Crippen LogP contribution in [0.15, 0.2) is 24.3 Å². The van der Waals surface area contributed by atoms with Crippen molar-refractivity contribution in [2.24, 2.45) is 0 Å². The van der Waals surface area contributed by atoms with Crippen molar-refractivity contribution in [1.82, 2.24) is 0 Å². The smallest absolute Gasteiger partial charge is 0.0577 e. The molecule has 2 nitrogen and oxygen atoms in total. The Kier molecular flexibility index (Phi) is 3.38. The molecule has 2 rings (SSSR count). The number of rotatable bonds is 3. The molecule has 17 heavy (non-hydrogen) atoms. The van der Waals surface area contributed by atoms with Crippen LogP contribution in [0.2, 0.25) is 0 Å². The highest BCUT2D eigenvalue weighted by atomic mass is 32.1. The summed E-state index contributed by atoms with van der Waals surface area (Å²) in [5.41, 5.74) is 10.3. The van der Waals surface area contributed by atoms with E-state index in [1.807, 2.05) is 30.4 Å². The summed E-state index contributed by atoms with van der Waals surface area (Å²) in [4.78, 5) is 2.73. The number of nitrogen functional groups attached to an aromatic ring is 1. The van der Waals surface area contributed by atoms with Crippen molar-refractivity contribution in [2.45, 2.75) is 27.3 Å². The minimum Gasteiger partial charge on any atom is -0.397 e. The second kappa shape index (κ2) is 4.80. The molecule has 3 N–H and O–H groups in total. The summed E-state index contributed by atoms with van der Waals surface area (Å²) in [6.45, 7) is 7.19. The van der Waals surface area contributed by atoms with Crippen molar-refractivity contribution in [2.75, 3.05) is 11.1 Å². The molecular formula is C14H18N2S. The molecule has 90 valence electrons. The van der Waals surface area contributed by atoms with Gasteiger partial charge in [-0.05, 0) is 50.1 Å². The molecule has 0 atom stereocenters. The number of benzene rings is 1. The van der Waals surface area contributed by atoms with E-state index >= 15 is 0 Å². The zero-order valence-corrected chi connectivity index (χ0v) is 11.3. The number of hydrogen-bond donors (Lipinski definition) is 2. The molecule has 0 aliphatic rings. The molecule has 3 heteroatoms. The second-order valence-electron chi connectivity index (χ2n) is 4.40. The number of hydrogen-bond acceptors (Lipinski definition) is 3. The predicted octanol–water partition coefficient (Wildman–Crippen LogP) is 3.87. The monoisotopic (exact) mass is 246 g/mol. The fourth-order valence-electron chi connectivity index (χ4n) is 1.76. The first-order valence-electron chi connectivity index (χ1n) is 5.72. The summed E-state index contributed by atoms with van der Waals surface area (Å²) in [6.07, 6.45) is 0. The highest BCUT2D eigenvalue weighted by molar-refractivity contribution is 7.12. The minimum absolute atomic E-state index is 0.815. The van der Waals surface area contributed by atoms with Crippen molar-refractivity contribution < 1.29 is 0 Å². The van der Waals surface area contributed by atoms with Crippen molar-refractivity contribution in [3.05, 3.63) is 45.1 Å². The van der Waals surface area contributed by atoms with Crippen LogP contribution < -0.4 is 11.1 Å². The molecule has 0 spiro atoms. The Morgan fingerprint density at radius 3 is 2.53 bits per heavy atom. The van der Waals surface area contributed by atoms with Crippen LogP contribution in [-0.4, -0.2) is 0 Å². The first-order valence-corrected chi connectivity index (χ1v) is 6.54. The quantitative estimate of drug-likeness (QED) is 0.807. The normalized spacial score (nSPS) is 10.5. The van der Waals surface area contributed by atoms with Crippen LogP contribution in [0.3, 0.4) is 0 Å². The zero-order chi connectivity index (χ0) is 12.4. The standard InChI is InChI=1S/C14H18N2S/c1-9-4-5-14(13(15)6-9)16-8-12-7-10(2)11(3)17-12/h4-7,16H,8,15H2,1-3H3. The van der Waals surface area contributed by atoms with Gasteiger partial charge in [0.25, 0.3) is 0 Å². The Bertz CT molecular complexity index is 510. The van der Waals surface area contributed by atoms with E-state index in [2.05, 4.69) is 31.3 Å². The van der Waals surface area contributed by atoms with E-state index in [1.54, 1.807) is 0 Å². The molecule has 0 fully saturated rings. The Morgan fingerprint density at radius 2 is 1.94 bits per heavy atom. The van der Waals surface area contributed by atoms with Crippen LogP contribution in [-0.2, 0) is 6.54 Å². The largest absolute Gasteiger partial charge is 0.397 e. The maximum Gasteiger partial charge on any atom is 0.0577 e. The first kappa shape index (κ1) is 12.0. The van der Waals surface area contributed by atoms with Gasteiger partial charge in [0.1, 0.15) is 0 Å². The van der Waals surface area contributed by atoms with Gasteiger partial charge in [0.15, 0.2) is 0 Å². The fraction of sp³-hybridized carbons (Fsp3) is 0.286. The zero-order valence-electron chi connectivity index (χ0n) is 10.5. The third kappa shape index (κ3) is 2.80. The highest BCUT2D eigenvalue weighted by Crippen LogP contribution is 2.24. The summed E-state index contributed by atoms with van der Waals surface area (Å²) in [7, 11) is 0. The maximum atomic E-state index is 5.96. The molecule has 1 aromatic carbocycles. The number of nitrogens with one attached hydrogen (secondary N) is 1. The summed E-state index contributed by atoms with van der Waals surface area (Å²) >= 11 is 1.84. The lowest BCUT2D eigenvalue weighted by Crippen LogP contribution is -2.01. The Balaban J connectivity index is 2.07. The molecule has 2 aromatic rings. The number of anilines is 2. The van der Waals surface area contributed by atoms with E-state index in [9.17, 15) is 0 Å². The number of nitrogens with two attached hydrogens (primary N) is 1. The van der Waals surface area contributed by atoms with Crippen molar-refractivity contribution in [3.8, 4) is 0 Å². The van der Waals surface area contributed by atoms with Crippen LogP contribution in [0, 0.1) is 20.8 Å². The van der Waals surface area contributed by atoms with Gasteiger partial charge >= 0.3 is 0 Å². The average Bonchev–Trinajstić information content (AvgIpc) is 2.57. The number of aryl methyl sites for hydroxylation is 3. The van der Waals surface area contributed by atoms with Crippen molar-refractivity contribution in [1.29, 1.82) is 0 Å². The molecule has 0 aliphatic heterocycles. The molecule has 0 amide bonds. The molecule has 1 heterocycles. The van der Waals surface area contributed by atoms with Gasteiger partial charge in [-0.1, -0.05) is 6.07 Å². The lowest BCUT2D eigenvalue weighted by atomic mass is 10.2.